The average molecular weight is 402 g/mol. The Morgan fingerprint density at radius 1 is 1.42 bits per heavy atom. The van der Waals surface area contributed by atoms with Crippen LogP contribution in [0, 0.1) is 6.92 Å². The molecule has 0 saturated carbocycles. The number of carbonyl (C=O) groups excluding carboxylic acids is 1. The number of methoxy groups -OCH3 is 1. The number of carbonyl (C=O) groups is 1. The smallest absolute Gasteiger partial charge is 0.273 e. The van der Waals surface area contributed by atoms with Gasteiger partial charge in [-0.3, -0.25) is 14.2 Å². The topological polar surface area (TPSA) is 115 Å². The maximum Gasteiger partial charge on any atom is 0.273 e. The standard InChI is InChI=1S/C15H23N5O4S2/c1-10-13(25-14(17-10)18-11(2)21)26(22,23)19-12-8-16-20(9-12)7-6-15(3,4)24-5/h8-9,19H,6-7H2,1-5H3,(H,17,18,21). The van der Waals surface area contributed by atoms with Crippen molar-refractivity contribution in [3.05, 3.63) is 18.1 Å². The minimum Gasteiger partial charge on any atom is -0.379 e. The molecule has 0 atom stereocenters. The molecule has 26 heavy (non-hydrogen) atoms. The fourth-order valence-corrected chi connectivity index (χ4v) is 4.55. The fourth-order valence-electron chi connectivity index (χ4n) is 2.06. The molecule has 1 amide bonds. The highest BCUT2D eigenvalue weighted by Gasteiger charge is 2.23. The summed E-state index contributed by atoms with van der Waals surface area (Å²) in [4.78, 5) is 15.2. The molecular weight excluding hydrogens is 378 g/mol. The molecule has 0 saturated heterocycles. The fraction of sp³-hybridized carbons (Fsp3) is 0.533. The number of hydrogen-bond acceptors (Lipinski definition) is 7. The van der Waals surface area contributed by atoms with Crippen LogP contribution in [0.4, 0.5) is 10.8 Å². The number of anilines is 2. The van der Waals surface area contributed by atoms with Crippen molar-refractivity contribution < 1.29 is 17.9 Å². The molecule has 0 fully saturated rings. The van der Waals surface area contributed by atoms with E-state index >= 15 is 0 Å². The second-order valence-electron chi connectivity index (χ2n) is 6.38. The number of rotatable bonds is 8. The molecule has 11 heteroatoms. The van der Waals surface area contributed by atoms with Crippen molar-refractivity contribution >= 4 is 38.1 Å². The van der Waals surface area contributed by atoms with Gasteiger partial charge in [-0.25, -0.2) is 13.4 Å². The van der Waals surface area contributed by atoms with Crippen LogP contribution in [0.25, 0.3) is 0 Å². The van der Waals surface area contributed by atoms with E-state index in [-0.39, 0.29) is 20.8 Å². The molecule has 0 aromatic carbocycles. The first kappa shape index (κ1) is 20.3. The molecule has 0 spiro atoms. The van der Waals surface area contributed by atoms with E-state index in [1.54, 1.807) is 24.9 Å². The van der Waals surface area contributed by atoms with Crippen molar-refractivity contribution in [1.82, 2.24) is 14.8 Å². The van der Waals surface area contributed by atoms with Crippen LogP contribution in [-0.4, -0.2) is 41.8 Å². The van der Waals surface area contributed by atoms with E-state index in [1.165, 1.54) is 13.1 Å². The second kappa shape index (κ2) is 7.72. The lowest BCUT2D eigenvalue weighted by Crippen LogP contribution is -2.24. The van der Waals surface area contributed by atoms with Gasteiger partial charge in [0.25, 0.3) is 10.0 Å². The van der Waals surface area contributed by atoms with E-state index in [0.29, 0.717) is 17.9 Å². The third-order valence-corrected chi connectivity index (χ3v) is 6.73. The molecule has 2 heterocycles. The predicted molar refractivity (Wildman–Crippen MR) is 99.9 cm³/mol. The first-order valence-corrected chi connectivity index (χ1v) is 10.2. The van der Waals surface area contributed by atoms with Gasteiger partial charge in [0.15, 0.2) is 9.34 Å². The summed E-state index contributed by atoms with van der Waals surface area (Å²) in [6, 6.07) is 0. The van der Waals surface area contributed by atoms with Crippen molar-refractivity contribution in [2.24, 2.45) is 0 Å². The number of thiazole rings is 1. The highest BCUT2D eigenvalue weighted by molar-refractivity contribution is 7.94. The van der Waals surface area contributed by atoms with E-state index in [0.717, 1.165) is 17.8 Å². The molecule has 144 valence electrons. The first-order chi connectivity index (χ1) is 12.0. The summed E-state index contributed by atoms with van der Waals surface area (Å²) in [6.45, 7) is 7.45. The summed E-state index contributed by atoms with van der Waals surface area (Å²) in [5.74, 6) is -0.309. The maximum atomic E-state index is 12.6. The van der Waals surface area contributed by atoms with Gasteiger partial charge < -0.3 is 10.1 Å². The Bertz CT molecular complexity index is 886. The monoisotopic (exact) mass is 401 g/mol. The second-order valence-corrected chi connectivity index (χ2v) is 9.26. The molecule has 2 aromatic heterocycles. The molecule has 0 unspecified atom stereocenters. The molecule has 0 bridgehead atoms. The van der Waals surface area contributed by atoms with Crippen LogP contribution >= 0.6 is 11.3 Å². The Morgan fingerprint density at radius 2 is 2.12 bits per heavy atom. The zero-order valence-corrected chi connectivity index (χ0v) is 17.0. The number of ether oxygens (including phenoxy) is 1. The third kappa shape index (κ3) is 5.26. The van der Waals surface area contributed by atoms with Gasteiger partial charge >= 0.3 is 0 Å². The highest BCUT2D eigenvalue weighted by atomic mass is 32.2. The lowest BCUT2D eigenvalue weighted by Gasteiger charge is -2.22. The number of nitrogens with one attached hydrogen (secondary N) is 2. The summed E-state index contributed by atoms with van der Waals surface area (Å²) < 4.78 is 34.7. The number of aryl methyl sites for hydroxylation is 2. The Hall–Kier alpha value is -1.98. The van der Waals surface area contributed by atoms with Gasteiger partial charge in [0.2, 0.25) is 5.91 Å². The van der Waals surface area contributed by atoms with Crippen molar-refractivity contribution in [2.75, 3.05) is 17.1 Å². The Labute approximate surface area is 156 Å². The number of aromatic nitrogens is 3. The molecule has 0 aliphatic rings. The van der Waals surface area contributed by atoms with Crippen LogP contribution in [0.2, 0.25) is 0 Å². The number of amides is 1. The van der Waals surface area contributed by atoms with Crippen LogP contribution < -0.4 is 10.0 Å². The van der Waals surface area contributed by atoms with Crippen LogP contribution in [0.15, 0.2) is 16.6 Å². The SMILES string of the molecule is COC(C)(C)CCn1cc(NS(=O)(=O)c2sc(NC(C)=O)nc2C)cn1. The maximum absolute atomic E-state index is 12.6. The van der Waals surface area contributed by atoms with Crippen molar-refractivity contribution in [3.8, 4) is 0 Å². The summed E-state index contributed by atoms with van der Waals surface area (Å²) in [5.41, 5.74) is 0.389. The number of sulfonamides is 1. The van der Waals surface area contributed by atoms with E-state index in [1.807, 2.05) is 13.8 Å². The van der Waals surface area contributed by atoms with Gasteiger partial charge in [-0.05, 0) is 27.2 Å². The van der Waals surface area contributed by atoms with Gasteiger partial charge in [-0.2, -0.15) is 5.10 Å². The quantitative estimate of drug-likeness (QED) is 0.701. The summed E-state index contributed by atoms with van der Waals surface area (Å²) in [5, 5.41) is 6.90. The molecule has 0 radical (unpaired) electrons. The average Bonchev–Trinajstić information content (AvgIpc) is 3.11. The number of hydrogen-bond donors (Lipinski definition) is 2. The molecule has 2 N–H and O–H groups in total. The van der Waals surface area contributed by atoms with E-state index in [9.17, 15) is 13.2 Å². The van der Waals surface area contributed by atoms with Gasteiger partial charge in [0.05, 0.1) is 23.2 Å². The van der Waals surface area contributed by atoms with Crippen molar-refractivity contribution in [3.63, 3.8) is 0 Å². The molecule has 0 aliphatic carbocycles. The van der Waals surface area contributed by atoms with Crippen LogP contribution in [0.1, 0.15) is 32.9 Å². The highest BCUT2D eigenvalue weighted by Crippen LogP contribution is 2.28. The van der Waals surface area contributed by atoms with Crippen molar-refractivity contribution in [1.29, 1.82) is 0 Å². The number of nitrogens with zero attached hydrogens (tertiary/aromatic N) is 3. The summed E-state index contributed by atoms with van der Waals surface area (Å²) >= 11 is 0.900. The van der Waals surface area contributed by atoms with Crippen molar-refractivity contribution in [2.45, 2.75) is 50.5 Å². The predicted octanol–water partition coefficient (Wildman–Crippen LogP) is 2.22. The van der Waals surface area contributed by atoms with Gasteiger partial charge in [0.1, 0.15) is 0 Å². The molecule has 2 aromatic rings. The minimum absolute atomic E-state index is 0.0505. The molecule has 0 aliphatic heterocycles. The summed E-state index contributed by atoms with van der Waals surface area (Å²) in [7, 11) is -2.17. The van der Waals surface area contributed by atoms with Gasteiger partial charge in [-0.1, -0.05) is 11.3 Å². The Kier molecular flexibility index (Phi) is 6.04. The lowest BCUT2D eigenvalue weighted by molar-refractivity contribution is -0.114. The molecule has 9 nitrogen and oxygen atoms in total. The minimum atomic E-state index is -3.82. The van der Waals surface area contributed by atoms with E-state index in [2.05, 4.69) is 20.1 Å². The van der Waals surface area contributed by atoms with E-state index < -0.39 is 10.0 Å². The lowest BCUT2D eigenvalue weighted by atomic mass is 10.1. The van der Waals surface area contributed by atoms with Gasteiger partial charge in [0, 0.05) is 26.8 Å². The Balaban J connectivity index is 2.10. The van der Waals surface area contributed by atoms with Crippen LogP contribution in [0.5, 0.6) is 0 Å². The van der Waals surface area contributed by atoms with Gasteiger partial charge in [-0.15, -0.1) is 0 Å². The Morgan fingerprint density at radius 3 is 2.73 bits per heavy atom. The summed E-state index contributed by atoms with van der Waals surface area (Å²) in [6.07, 6.45) is 3.79. The largest absolute Gasteiger partial charge is 0.379 e. The van der Waals surface area contributed by atoms with Crippen LogP contribution in [0.3, 0.4) is 0 Å². The first-order valence-electron chi connectivity index (χ1n) is 7.88. The van der Waals surface area contributed by atoms with E-state index in [4.69, 9.17) is 4.74 Å². The zero-order chi connectivity index (χ0) is 19.5. The zero-order valence-electron chi connectivity index (χ0n) is 15.4. The van der Waals surface area contributed by atoms with Crippen LogP contribution in [-0.2, 0) is 26.1 Å². The molecular formula is C15H23N5O4S2. The molecule has 2 rings (SSSR count). The normalized spacial score (nSPS) is 12.2. The third-order valence-electron chi connectivity index (χ3n) is 3.66.